The molecular weight excluding hydrogens is 354 g/mol. The molecule has 26 heavy (non-hydrogen) atoms. The second-order valence-electron chi connectivity index (χ2n) is 5.54. The van der Waals surface area contributed by atoms with Gasteiger partial charge in [-0.1, -0.05) is 30.0 Å². The Bertz CT molecular complexity index is 944. The minimum absolute atomic E-state index is 0.00604. The molecule has 0 fully saturated rings. The molecule has 0 saturated carbocycles. The van der Waals surface area contributed by atoms with Gasteiger partial charge in [-0.25, -0.2) is 8.42 Å². The van der Waals surface area contributed by atoms with E-state index in [9.17, 15) is 8.42 Å². The van der Waals surface area contributed by atoms with Crippen LogP contribution in [-0.4, -0.2) is 34.8 Å². The van der Waals surface area contributed by atoms with Gasteiger partial charge in [0.05, 0.1) is 11.4 Å². The molecule has 136 valence electrons. The fraction of sp³-hybridized carbons (Fsp3) is 0.263. The van der Waals surface area contributed by atoms with E-state index >= 15 is 0 Å². The van der Waals surface area contributed by atoms with Crippen molar-refractivity contribution in [3.63, 3.8) is 0 Å². The van der Waals surface area contributed by atoms with Gasteiger partial charge in [0, 0.05) is 6.07 Å². The normalized spacial score (nSPS) is 12.8. The number of hydrogen-bond donors (Lipinski definition) is 1. The van der Waals surface area contributed by atoms with Gasteiger partial charge < -0.3 is 14.2 Å². The van der Waals surface area contributed by atoms with Crippen LogP contribution >= 0.6 is 0 Å². The Morgan fingerprint density at radius 2 is 1.85 bits per heavy atom. The molecule has 1 aliphatic heterocycles. The lowest BCUT2D eigenvalue weighted by molar-refractivity contribution is 0.171. The fourth-order valence-corrected chi connectivity index (χ4v) is 3.29. The van der Waals surface area contributed by atoms with Crippen molar-refractivity contribution in [2.24, 2.45) is 0 Å². The number of sulfonamides is 1. The summed E-state index contributed by atoms with van der Waals surface area (Å²) in [5.74, 6) is 7.27. The predicted octanol–water partition coefficient (Wildman–Crippen LogP) is 2.13. The predicted molar refractivity (Wildman–Crippen MR) is 97.1 cm³/mol. The van der Waals surface area contributed by atoms with Crippen LogP contribution in [0.3, 0.4) is 0 Å². The maximum atomic E-state index is 12.3. The van der Waals surface area contributed by atoms with Gasteiger partial charge in [0.15, 0.2) is 11.5 Å². The third-order valence-corrected chi connectivity index (χ3v) is 5.09. The van der Waals surface area contributed by atoms with Gasteiger partial charge in [0.1, 0.15) is 25.6 Å². The van der Waals surface area contributed by atoms with E-state index in [2.05, 4.69) is 16.6 Å². The minimum Gasteiger partial charge on any atom is -0.486 e. The molecule has 0 aromatic heterocycles. The molecule has 7 heteroatoms. The third-order valence-electron chi connectivity index (χ3n) is 3.69. The number of para-hydroxylation sites is 1. The highest BCUT2D eigenvalue weighted by molar-refractivity contribution is 7.89. The standard InChI is InChI=1S/C19H19NO5S/c1-15-6-2-3-7-17(15)23-11-5-4-10-20-26(21,22)16-8-9-18-19(14-16)25-13-12-24-18/h2-3,6-9,14,20H,10-13H2,1H3. The van der Waals surface area contributed by atoms with E-state index in [-0.39, 0.29) is 18.0 Å². The van der Waals surface area contributed by atoms with E-state index in [1.165, 1.54) is 12.1 Å². The first-order chi connectivity index (χ1) is 12.6. The summed E-state index contributed by atoms with van der Waals surface area (Å²) in [5, 5.41) is 0. The quantitative estimate of drug-likeness (QED) is 0.813. The Balaban J connectivity index is 1.54. The van der Waals surface area contributed by atoms with E-state index in [0.717, 1.165) is 11.3 Å². The molecule has 0 unspecified atom stereocenters. The maximum Gasteiger partial charge on any atom is 0.241 e. The third kappa shape index (κ3) is 4.48. The molecule has 2 aromatic carbocycles. The van der Waals surface area contributed by atoms with Crippen LogP contribution in [-0.2, 0) is 10.0 Å². The molecule has 0 amide bonds. The Kier molecular flexibility index (Phi) is 5.66. The number of hydrogen-bond acceptors (Lipinski definition) is 5. The second-order valence-corrected chi connectivity index (χ2v) is 7.30. The summed E-state index contributed by atoms with van der Waals surface area (Å²) in [4.78, 5) is 0.111. The van der Waals surface area contributed by atoms with E-state index in [0.29, 0.717) is 24.7 Å². The van der Waals surface area contributed by atoms with Crippen LogP contribution in [0.4, 0.5) is 0 Å². The highest BCUT2D eigenvalue weighted by Gasteiger charge is 2.18. The number of fused-ring (bicyclic) bond motifs is 1. The smallest absolute Gasteiger partial charge is 0.241 e. The first-order valence-electron chi connectivity index (χ1n) is 8.10. The average Bonchev–Trinajstić information content (AvgIpc) is 2.65. The molecule has 6 nitrogen and oxygen atoms in total. The molecule has 0 spiro atoms. The molecule has 1 aliphatic rings. The van der Waals surface area contributed by atoms with Gasteiger partial charge in [0.25, 0.3) is 0 Å². The number of ether oxygens (including phenoxy) is 3. The summed E-state index contributed by atoms with van der Waals surface area (Å²) >= 11 is 0. The largest absolute Gasteiger partial charge is 0.486 e. The summed E-state index contributed by atoms with van der Waals surface area (Å²) in [6.45, 7) is 2.99. The minimum atomic E-state index is -3.67. The summed E-state index contributed by atoms with van der Waals surface area (Å²) in [7, 11) is -3.67. The van der Waals surface area contributed by atoms with Crippen molar-refractivity contribution < 1.29 is 22.6 Å². The van der Waals surface area contributed by atoms with Crippen molar-refractivity contribution in [3.05, 3.63) is 48.0 Å². The molecule has 0 bridgehead atoms. The molecule has 0 aliphatic carbocycles. The Morgan fingerprint density at radius 3 is 2.65 bits per heavy atom. The van der Waals surface area contributed by atoms with Crippen LogP contribution in [0.2, 0.25) is 0 Å². The van der Waals surface area contributed by atoms with Crippen LogP contribution in [0.1, 0.15) is 5.56 Å². The molecule has 2 aromatic rings. The number of rotatable bonds is 5. The molecule has 0 saturated heterocycles. The lowest BCUT2D eigenvalue weighted by Gasteiger charge is -2.18. The zero-order chi connectivity index (χ0) is 18.4. The highest BCUT2D eigenvalue weighted by atomic mass is 32.2. The maximum absolute atomic E-state index is 12.3. The van der Waals surface area contributed by atoms with E-state index in [4.69, 9.17) is 14.2 Å². The van der Waals surface area contributed by atoms with Crippen LogP contribution in [0.5, 0.6) is 17.2 Å². The van der Waals surface area contributed by atoms with Gasteiger partial charge in [-0.3, -0.25) is 0 Å². The van der Waals surface area contributed by atoms with Gasteiger partial charge in [-0.15, -0.1) is 0 Å². The lowest BCUT2D eigenvalue weighted by atomic mass is 10.2. The number of aryl methyl sites for hydroxylation is 1. The summed E-state index contributed by atoms with van der Waals surface area (Å²) in [6, 6.07) is 12.1. The molecule has 1 N–H and O–H groups in total. The lowest BCUT2D eigenvalue weighted by Crippen LogP contribution is -2.24. The van der Waals surface area contributed by atoms with E-state index in [1.807, 2.05) is 31.2 Å². The summed E-state index contributed by atoms with van der Waals surface area (Å²) < 4.78 is 43.4. The first-order valence-corrected chi connectivity index (χ1v) is 9.58. The van der Waals surface area contributed by atoms with Crippen molar-refractivity contribution in [2.45, 2.75) is 11.8 Å². The van der Waals surface area contributed by atoms with Gasteiger partial charge in [-0.2, -0.15) is 4.72 Å². The van der Waals surface area contributed by atoms with E-state index < -0.39 is 10.0 Å². The molecular formula is C19H19NO5S. The van der Waals surface area contributed by atoms with E-state index in [1.54, 1.807) is 6.07 Å². The summed E-state index contributed by atoms with van der Waals surface area (Å²) in [5.41, 5.74) is 1.02. The van der Waals surface area contributed by atoms with Crippen molar-refractivity contribution in [1.29, 1.82) is 0 Å². The second kappa shape index (κ2) is 8.13. The number of benzene rings is 2. The van der Waals surface area contributed by atoms with Crippen LogP contribution in [0.15, 0.2) is 47.4 Å². The average molecular weight is 373 g/mol. The van der Waals surface area contributed by atoms with Gasteiger partial charge in [-0.05, 0) is 30.7 Å². The Hall–Kier alpha value is -2.69. The Labute approximate surface area is 153 Å². The molecule has 3 rings (SSSR count). The summed E-state index contributed by atoms with van der Waals surface area (Å²) in [6.07, 6.45) is 0. The van der Waals surface area contributed by atoms with Crippen molar-refractivity contribution >= 4 is 10.0 Å². The highest BCUT2D eigenvalue weighted by Crippen LogP contribution is 2.32. The van der Waals surface area contributed by atoms with Gasteiger partial charge >= 0.3 is 0 Å². The fourth-order valence-electron chi connectivity index (χ4n) is 2.35. The number of nitrogens with one attached hydrogen (secondary N) is 1. The van der Waals surface area contributed by atoms with Crippen molar-refractivity contribution in [2.75, 3.05) is 26.4 Å². The Morgan fingerprint density at radius 1 is 1.08 bits per heavy atom. The zero-order valence-electron chi connectivity index (χ0n) is 14.3. The van der Waals surface area contributed by atoms with Gasteiger partial charge in [0.2, 0.25) is 10.0 Å². The van der Waals surface area contributed by atoms with Crippen LogP contribution < -0.4 is 18.9 Å². The SMILES string of the molecule is Cc1ccccc1OCC#CCNS(=O)(=O)c1ccc2c(c1)OCCO2. The first kappa shape index (κ1) is 18.1. The monoisotopic (exact) mass is 373 g/mol. The molecule has 0 radical (unpaired) electrons. The molecule has 1 heterocycles. The van der Waals surface area contributed by atoms with Crippen LogP contribution in [0.25, 0.3) is 0 Å². The van der Waals surface area contributed by atoms with Crippen molar-refractivity contribution in [3.8, 4) is 29.1 Å². The topological polar surface area (TPSA) is 73.9 Å². The molecule has 0 atom stereocenters. The van der Waals surface area contributed by atoms with Crippen molar-refractivity contribution in [1.82, 2.24) is 4.72 Å². The van der Waals surface area contributed by atoms with Crippen LogP contribution in [0, 0.1) is 18.8 Å². The zero-order valence-corrected chi connectivity index (χ0v) is 15.1.